The van der Waals surface area contributed by atoms with Crippen molar-refractivity contribution >= 4 is 17.3 Å². The van der Waals surface area contributed by atoms with Gasteiger partial charge in [0.2, 0.25) is 11.6 Å². The fourth-order valence-electron chi connectivity index (χ4n) is 3.30. The van der Waals surface area contributed by atoms with Crippen molar-refractivity contribution in [1.29, 1.82) is 0 Å². The summed E-state index contributed by atoms with van der Waals surface area (Å²) in [5.41, 5.74) is 2.14. The van der Waals surface area contributed by atoms with E-state index < -0.39 is 4.92 Å². The Kier molecular flexibility index (Phi) is 5.99. The second-order valence-corrected chi connectivity index (χ2v) is 6.85. The zero-order chi connectivity index (χ0) is 18.4. The lowest BCUT2D eigenvalue weighted by molar-refractivity contribution is -0.383. The van der Waals surface area contributed by atoms with E-state index in [2.05, 4.69) is 20.6 Å². The molecule has 1 heterocycles. The predicted octanol–water partition coefficient (Wildman–Crippen LogP) is 4.44. The van der Waals surface area contributed by atoms with Crippen molar-refractivity contribution in [2.24, 2.45) is 0 Å². The molecule has 0 saturated heterocycles. The van der Waals surface area contributed by atoms with E-state index in [0.29, 0.717) is 12.4 Å². The lowest BCUT2D eigenvalue weighted by Crippen LogP contribution is -2.20. The van der Waals surface area contributed by atoms with Crippen LogP contribution in [-0.4, -0.2) is 20.9 Å². The van der Waals surface area contributed by atoms with E-state index in [-0.39, 0.29) is 17.5 Å². The van der Waals surface area contributed by atoms with Gasteiger partial charge in [0, 0.05) is 12.6 Å². The van der Waals surface area contributed by atoms with Crippen LogP contribution in [0.2, 0.25) is 0 Å². The van der Waals surface area contributed by atoms with Crippen LogP contribution in [0.1, 0.15) is 49.7 Å². The van der Waals surface area contributed by atoms with Crippen LogP contribution >= 0.6 is 0 Å². The van der Waals surface area contributed by atoms with Crippen LogP contribution in [-0.2, 0) is 6.54 Å². The summed E-state index contributed by atoms with van der Waals surface area (Å²) in [4.78, 5) is 19.5. The molecule has 26 heavy (non-hydrogen) atoms. The number of aromatic nitrogens is 2. The maximum Gasteiger partial charge on any atom is 0.353 e. The van der Waals surface area contributed by atoms with Crippen LogP contribution in [0.3, 0.4) is 0 Å². The van der Waals surface area contributed by atoms with Crippen molar-refractivity contribution in [3.05, 3.63) is 51.8 Å². The van der Waals surface area contributed by atoms with Crippen molar-refractivity contribution in [1.82, 2.24) is 9.97 Å². The lowest BCUT2D eigenvalue weighted by Gasteiger charge is -2.17. The van der Waals surface area contributed by atoms with Crippen molar-refractivity contribution in [2.75, 3.05) is 10.6 Å². The number of hydrogen-bond donors (Lipinski definition) is 2. The smallest absolute Gasteiger partial charge is 0.353 e. The monoisotopic (exact) mass is 355 g/mol. The zero-order valence-electron chi connectivity index (χ0n) is 15.1. The minimum absolute atomic E-state index is 0.0798. The third kappa shape index (κ3) is 4.68. The number of benzene rings is 1. The Morgan fingerprint density at radius 1 is 1.08 bits per heavy atom. The van der Waals surface area contributed by atoms with Crippen LogP contribution in [0.15, 0.2) is 30.6 Å². The molecular formula is C19H25N5O2. The van der Waals surface area contributed by atoms with Crippen molar-refractivity contribution < 1.29 is 4.92 Å². The normalized spacial score (nSPS) is 15.3. The first-order chi connectivity index (χ1) is 12.6. The van der Waals surface area contributed by atoms with E-state index in [0.717, 1.165) is 31.2 Å². The van der Waals surface area contributed by atoms with Crippen LogP contribution in [0.5, 0.6) is 0 Å². The van der Waals surface area contributed by atoms with Gasteiger partial charge in [0.05, 0.1) is 4.92 Å². The van der Waals surface area contributed by atoms with Gasteiger partial charge in [-0.2, -0.15) is 0 Å². The molecule has 1 aliphatic rings. The number of aryl methyl sites for hydroxylation is 1. The lowest BCUT2D eigenvalue weighted by atomic mass is 10.1. The summed E-state index contributed by atoms with van der Waals surface area (Å²) >= 11 is 0. The van der Waals surface area contributed by atoms with E-state index in [1.54, 1.807) is 0 Å². The van der Waals surface area contributed by atoms with Gasteiger partial charge in [-0.05, 0) is 25.3 Å². The molecule has 0 unspecified atom stereocenters. The average Bonchev–Trinajstić information content (AvgIpc) is 2.90. The second-order valence-electron chi connectivity index (χ2n) is 6.85. The standard InChI is InChI=1S/C19H25N5O2/c1-14-8-10-15(11-9-14)12-20-18-17(24(25)26)19(22-13-21-18)23-16-6-4-2-3-5-7-16/h8-11,13,16H,2-7,12H2,1H3,(H2,20,21,22,23). The summed E-state index contributed by atoms with van der Waals surface area (Å²) in [6, 6.07) is 8.27. The highest BCUT2D eigenvalue weighted by atomic mass is 16.6. The fourth-order valence-corrected chi connectivity index (χ4v) is 3.30. The van der Waals surface area contributed by atoms with Gasteiger partial charge in [-0.1, -0.05) is 55.5 Å². The Hall–Kier alpha value is -2.70. The zero-order valence-corrected chi connectivity index (χ0v) is 15.1. The van der Waals surface area contributed by atoms with Gasteiger partial charge < -0.3 is 10.6 Å². The Bertz CT molecular complexity index is 740. The van der Waals surface area contributed by atoms with Crippen molar-refractivity contribution in [3.8, 4) is 0 Å². The Balaban J connectivity index is 1.76. The molecule has 1 aromatic heterocycles. The molecule has 0 spiro atoms. The Morgan fingerprint density at radius 3 is 2.38 bits per heavy atom. The molecule has 0 radical (unpaired) electrons. The maximum atomic E-state index is 11.7. The molecule has 7 nitrogen and oxygen atoms in total. The number of nitro groups is 1. The molecule has 1 aliphatic carbocycles. The highest BCUT2D eigenvalue weighted by molar-refractivity contribution is 5.69. The molecule has 0 atom stereocenters. The quantitative estimate of drug-likeness (QED) is 0.452. The van der Waals surface area contributed by atoms with E-state index >= 15 is 0 Å². The SMILES string of the molecule is Cc1ccc(CNc2ncnc(NC3CCCCCC3)c2[N+](=O)[O-])cc1. The summed E-state index contributed by atoms with van der Waals surface area (Å²) in [7, 11) is 0. The van der Waals surface area contributed by atoms with Gasteiger partial charge in [0.25, 0.3) is 0 Å². The largest absolute Gasteiger partial charge is 0.361 e. The molecular weight excluding hydrogens is 330 g/mol. The average molecular weight is 355 g/mol. The van der Waals surface area contributed by atoms with Crippen LogP contribution in [0.4, 0.5) is 17.3 Å². The van der Waals surface area contributed by atoms with Crippen LogP contribution < -0.4 is 10.6 Å². The van der Waals surface area contributed by atoms with Gasteiger partial charge in [-0.25, -0.2) is 9.97 Å². The first-order valence-corrected chi connectivity index (χ1v) is 9.19. The molecule has 2 N–H and O–H groups in total. The molecule has 0 bridgehead atoms. The fraction of sp³-hybridized carbons (Fsp3) is 0.474. The van der Waals surface area contributed by atoms with Gasteiger partial charge >= 0.3 is 5.69 Å². The van der Waals surface area contributed by atoms with E-state index in [4.69, 9.17) is 0 Å². The highest BCUT2D eigenvalue weighted by Crippen LogP contribution is 2.31. The second kappa shape index (κ2) is 8.60. The number of nitrogens with zero attached hydrogens (tertiary/aromatic N) is 3. The van der Waals surface area contributed by atoms with Gasteiger partial charge in [-0.3, -0.25) is 10.1 Å². The van der Waals surface area contributed by atoms with Crippen LogP contribution in [0, 0.1) is 17.0 Å². The van der Waals surface area contributed by atoms with Crippen molar-refractivity contribution in [2.45, 2.75) is 58.0 Å². The first kappa shape index (κ1) is 18.1. The Labute approximate surface area is 153 Å². The summed E-state index contributed by atoms with van der Waals surface area (Å²) in [6.45, 7) is 2.50. The third-order valence-corrected chi connectivity index (χ3v) is 4.78. The summed E-state index contributed by atoms with van der Waals surface area (Å²) in [6.07, 6.45) is 8.18. The molecule has 1 saturated carbocycles. The number of hydrogen-bond acceptors (Lipinski definition) is 6. The minimum Gasteiger partial charge on any atom is -0.361 e. The molecule has 1 fully saturated rings. The van der Waals surface area contributed by atoms with Crippen LogP contribution in [0.25, 0.3) is 0 Å². The topological polar surface area (TPSA) is 93.0 Å². The van der Waals surface area contributed by atoms with E-state index in [1.165, 1.54) is 24.7 Å². The number of nitrogens with one attached hydrogen (secondary N) is 2. The van der Waals surface area contributed by atoms with Gasteiger partial charge in [0.15, 0.2) is 0 Å². The third-order valence-electron chi connectivity index (χ3n) is 4.78. The molecule has 138 valence electrons. The van der Waals surface area contributed by atoms with Gasteiger partial charge in [0.1, 0.15) is 6.33 Å². The maximum absolute atomic E-state index is 11.7. The Morgan fingerprint density at radius 2 is 1.73 bits per heavy atom. The molecule has 0 amide bonds. The first-order valence-electron chi connectivity index (χ1n) is 9.19. The predicted molar refractivity (Wildman–Crippen MR) is 102 cm³/mol. The van der Waals surface area contributed by atoms with E-state index in [1.807, 2.05) is 31.2 Å². The molecule has 3 rings (SSSR count). The summed E-state index contributed by atoms with van der Waals surface area (Å²) < 4.78 is 0. The summed E-state index contributed by atoms with van der Waals surface area (Å²) in [5, 5.41) is 18.0. The molecule has 0 aliphatic heterocycles. The molecule has 7 heteroatoms. The molecule has 1 aromatic carbocycles. The van der Waals surface area contributed by atoms with E-state index in [9.17, 15) is 10.1 Å². The summed E-state index contributed by atoms with van der Waals surface area (Å²) in [5.74, 6) is 0.560. The number of anilines is 2. The molecule has 2 aromatic rings. The minimum atomic E-state index is -0.406. The highest BCUT2D eigenvalue weighted by Gasteiger charge is 2.25. The number of rotatable bonds is 6. The van der Waals surface area contributed by atoms with Crippen molar-refractivity contribution in [3.63, 3.8) is 0 Å². The van der Waals surface area contributed by atoms with Gasteiger partial charge in [-0.15, -0.1) is 0 Å².